The molecule has 0 bridgehead atoms. The van der Waals surface area contributed by atoms with Crippen molar-refractivity contribution in [2.75, 3.05) is 5.73 Å². The summed E-state index contributed by atoms with van der Waals surface area (Å²) in [5.74, 6) is 1.14. The van der Waals surface area contributed by atoms with E-state index in [0.29, 0.717) is 17.3 Å². The Bertz CT molecular complexity index is 850. The van der Waals surface area contributed by atoms with Crippen LogP contribution in [-0.2, 0) is 6.54 Å². The number of hydrogen-bond acceptors (Lipinski definition) is 6. The van der Waals surface area contributed by atoms with E-state index in [-0.39, 0.29) is 17.0 Å². The number of nitrogens with two attached hydrogens (primary N) is 1. The summed E-state index contributed by atoms with van der Waals surface area (Å²) >= 11 is 1.29. The van der Waals surface area contributed by atoms with Crippen molar-refractivity contribution in [1.29, 1.82) is 0 Å². The van der Waals surface area contributed by atoms with E-state index in [1.54, 1.807) is 6.26 Å². The molecule has 8 heteroatoms. The molecule has 0 aliphatic rings. The predicted molar refractivity (Wildman–Crippen MR) is 92.2 cm³/mol. The second kappa shape index (κ2) is 6.56. The predicted octanol–water partition coefficient (Wildman–Crippen LogP) is 2.81. The third-order valence-corrected chi connectivity index (χ3v) is 4.83. The number of H-pyrrole nitrogens is 1. The van der Waals surface area contributed by atoms with Crippen molar-refractivity contribution in [3.05, 3.63) is 47.2 Å². The van der Waals surface area contributed by atoms with Crippen LogP contribution in [0, 0.1) is 13.8 Å². The molecule has 7 nitrogen and oxygen atoms in total. The summed E-state index contributed by atoms with van der Waals surface area (Å²) in [4.78, 5) is 16.8. The number of aromatic amines is 1. The molecule has 0 amide bonds. The first kappa shape index (κ1) is 16.4. The molecule has 3 rings (SSSR count). The van der Waals surface area contributed by atoms with Gasteiger partial charge in [0.05, 0.1) is 18.1 Å². The maximum atomic E-state index is 12.8. The van der Waals surface area contributed by atoms with Crippen LogP contribution in [0.4, 0.5) is 5.95 Å². The zero-order chi connectivity index (χ0) is 17.3. The van der Waals surface area contributed by atoms with Crippen molar-refractivity contribution in [3.63, 3.8) is 0 Å². The number of hydrogen-bond donors (Lipinski definition) is 2. The maximum Gasteiger partial charge on any atom is 0.216 e. The normalized spacial score (nSPS) is 12.5. The Hall–Kier alpha value is -2.48. The molecule has 0 saturated heterocycles. The van der Waals surface area contributed by atoms with E-state index >= 15 is 0 Å². The fraction of sp³-hybridized carbons (Fsp3) is 0.312. The van der Waals surface area contributed by atoms with Crippen molar-refractivity contribution in [3.8, 4) is 0 Å². The summed E-state index contributed by atoms with van der Waals surface area (Å²) in [5.41, 5.74) is 8.17. The largest absolute Gasteiger partial charge is 0.467 e. The topological polar surface area (TPSA) is 103 Å². The smallest absolute Gasteiger partial charge is 0.216 e. The highest BCUT2D eigenvalue weighted by atomic mass is 32.2. The van der Waals surface area contributed by atoms with Gasteiger partial charge in [-0.15, -0.1) is 5.10 Å². The molecule has 0 spiro atoms. The van der Waals surface area contributed by atoms with Gasteiger partial charge in [-0.2, -0.15) is 4.98 Å². The van der Waals surface area contributed by atoms with E-state index in [2.05, 4.69) is 19.7 Å². The van der Waals surface area contributed by atoms with Crippen LogP contribution in [0.1, 0.15) is 34.4 Å². The Morgan fingerprint density at radius 3 is 2.92 bits per heavy atom. The monoisotopic (exact) mass is 345 g/mol. The molecular formula is C16H19N5O2S. The number of nitrogens with one attached hydrogen (secondary N) is 1. The van der Waals surface area contributed by atoms with Gasteiger partial charge < -0.3 is 14.7 Å². The molecule has 0 saturated carbocycles. The zero-order valence-corrected chi connectivity index (χ0v) is 14.6. The average molecular weight is 345 g/mol. The molecule has 1 atom stereocenters. The number of nitrogens with zero attached hydrogens (tertiary/aromatic N) is 3. The minimum atomic E-state index is -0.308. The molecule has 0 aliphatic carbocycles. The molecule has 24 heavy (non-hydrogen) atoms. The molecular weight excluding hydrogens is 326 g/mol. The Labute approximate surface area is 143 Å². The van der Waals surface area contributed by atoms with E-state index < -0.39 is 0 Å². The van der Waals surface area contributed by atoms with E-state index in [0.717, 1.165) is 17.1 Å². The summed E-state index contributed by atoms with van der Waals surface area (Å²) in [6.07, 6.45) is 1.65. The fourth-order valence-corrected chi connectivity index (χ4v) is 3.39. The van der Waals surface area contributed by atoms with Gasteiger partial charge in [0.1, 0.15) is 5.76 Å². The summed E-state index contributed by atoms with van der Waals surface area (Å²) in [5, 5.41) is 6.69. The van der Waals surface area contributed by atoms with Crippen LogP contribution in [0.25, 0.3) is 0 Å². The van der Waals surface area contributed by atoms with Gasteiger partial charge in [0, 0.05) is 17.0 Å². The van der Waals surface area contributed by atoms with Crippen LogP contribution < -0.4 is 5.73 Å². The lowest BCUT2D eigenvalue weighted by atomic mass is 10.1. The molecule has 0 unspecified atom stereocenters. The standard InChI is InChI=1S/C16H19N5O2S/c1-9-7-13(10(2)21(9)8-12-5-4-6-23-12)14(22)11(3)24-16-18-15(17)19-20-16/h4-7,11H,8H2,1-3H3,(H3,17,18,19,20)/t11-/m1/s1. The zero-order valence-electron chi connectivity index (χ0n) is 13.7. The Balaban J connectivity index is 1.79. The van der Waals surface area contributed by atoms with E-state index in [4.69, 9.17) is 10.2 Å². The quantitative estimate of drug-likeness (QED) is 0.526. The summed E-state index contributed by atoms with van der Waals surface area (Å²) in [6.45, 7) is 6.39. The number of furan rings is 1. The lowest BCUT2D eigenvalue weighted by molar-refractivity contribution is 0.0993. The third kappa shape index (κ3) is 3.23. The number of Topliss-reactive ketones (excluding diaryl/α,β-unsaturated/α-hetero) is 1. The van der Waals surface area contributed by atoms with Crippen molar-refractivity contribution < 1.29 is 9.21 Å². The molecule has 3 aromatic rings. The Kier molecular flexibility index (Phi) is 4.48. The van der Waals surface area contributed by atoms with Crippen LogP contribution in [0.15, 0.2) is 34.0 Å². The number of rotatable bonds is 6. The van der Waals surface area contributed by atoms with Crippen molar-refractivity contribution in [2.45, 2.75) is 37.7 Å². The molecule has 0 aromatic carbocycles. The van der Waals surface area contributed by atoms with Gasteiger partial charge in [0.25, 0.3) is 0 Å². The molecule has 0 fully saturated rings. The van der Waals surface area contributed by atoms with Crippen molar-refractivity contribution in [1.82, 2.24) is 19.7 Å². The minimum Gasteiger partial charge on any atom is -0.467 e. The van der Waals surface area contributed by atoms with Gasteiger partial charge in [-0.05, 0) is 39.0 Å². The lowest BCUT2D eigenvalue weighted by Crippen LogP contribution is -2.15. The first-order chi connectivity index (χ1) is 11.5. The van der Waals surface area contributed by atoms with Gasteiger partial charge in [-0.1, -0.05) is 11.8 Å². The highest BCUT2D eigenvalue weighted by Crippen LogP contribution is 2.26. The average Bonchev–Trinajstić information content (AvgIpc) is 3.25. The number of ketones is 1. The number of aromatic nitrogens is 4. The van der Waals surface area contributed by atoms with E-state index in [9.17, 15) is 4.79 Å². The number of aryl methyl sites for hydroxylation is 1. The minimum absolute atomic E-state index is 0.0437. The molecule has 0 aliphatic heterocycles. The lowest BCUT2D eigenvalue weighted by Gasteiger charge is -2.10. The van der Waals surface area contributed by atoms with Crippen LogP contribution >= 0.6 is 11.8 Å². The Morgan fingerprint density at radius 2 is 2.29 bits per heavy atom. The van der Waals surface area contributed by atoms with Crippen molar-refractivity contribution in [2.24, 2.45) is 0 Å². The molecule has 126 valence electrons. The molecule has 0 radical (unpaired) electrons. The summed E-state index contributed by atoms with van der Waals surface area (Å²) < 4.78 is 7.48. The summed E-state index contributed by atoms with van der Waals surface area (Å²) in [6, 6.07) is 5.70. The first-order valence-corrected chi connectivity index (χ1v) is 8.41. The number of carbonyl (C=O) groups is 1. The van der Waals surface area contributed by atoms with Gasteiger partial charge >= 0.3 is 0 Å². The van der Waals surface area contributed by atoms with Crippen molar-refractivity contribution >= 4 is 23.5 Å². The van der Waals surface area contributed by atoms with Gasteiger partial charge in [0.2, 0.25) is 11.1 Å². The first-order valence-electron chi connectivity index (χ1n) is 7.53. The molecule has 3 heterocycles. The van der Waals surface area contributed by atoms with Crippen LogP contribution in [0.2, 0.25) is 0 Å². The van der Waals surface area contributed by atoms with Gasteiger partial charge in [0.15, 0.2) is 5.78 Å². The second-order valence-corrected chi connectivity index (χ2v) is 6.89. The Morgan fingerprint density at radius 1 is 1.50 bits per heavy atom. The molecule has 3 N–H and O–H groups in total. The number of nitrogen functional groups attached to an aromatic ring is 1. The van der Waals surface area contributed by atoms with Gasteiger partial charge in [-0.3, -0.25) is 4.79 Å². The van der Waals surface area contributed by atoms with Crippen LogP contribution in [-0.4, -0.2) is 30.8 Å². The van der Waals surface area contributed by atoms with Crippen LogP contribution in [0.5, 0.6) is 0 Å². The SMILES string of the molecule is Cc1cc(C(=O)[C@@H](C)Sc2n[nH]c(N)n2)c(C)n1Cc1ccco1. The molecule has 3 aromatic heterocycles. The van der Waals surface area contributed by atoms with Crippen LogP contribution in [0.3, 0.4) is 0 Å². The van der Waals surface area contributed by atoms with Gasteiger partial charge in [-0.25, -0.2) is 5.10 Å². The number of carbonyl (C=O) groups excluding carboxylic acids is 1. The second-order valence-electron chi connectivity index (χ2n) is 5.58. The highest BCUT2D eigenvalue weighted by Gasteiger charge is 2.23. The fourth-order valence-electron chi connectivity index (χ4n) is 2.59. The summed E-state index contributed by atoms with van der Waals surface area (Å²) in [7, 11) is 0. The third-order valence-electron chi connectivity index (χ3n) is 3.87. The highest BCUT2D eigenvalue weighted by molar-refractivity contribution is 8.00. The number of anilines is 1. The maximum absolute atomic E-state index is 12.8. The van der Waals surface area contributed by atoms with E-state index in [1.165, 1.54) is 11.8 Å². The van der Waals surface area contributed by atoms with E-state index in [1.807, 2.05) is 39.0 Å². The number of thioether (sulfide) groups is 1.